The van der Waals surface area contributed by atoms with E-state index in [-0.39, 0.29) is 5.97 Å². The second kappa shape index (κ2) is 6.76. The van der Waals surface area contributed by atoms with Gasteiger partial charge >= 0.3 is 5.97 Å². The molecule has 2 rings (SSSR count). The Hall–Kier alpha value is -2.28. The Morgan fingerprint density at radius 2 is 2.30 bits per heavy atom. The lowest BCUT2D eigenvalue weighted by Crippen LogP contribution is -2.11. The molecule has 0 spiro atoms. The largest absolute Gasteiger partial charge is 0.462 e. The molecule has 106 valence electrons. The fourth-order valence-corrected chi connectivity index (χ4v) is 1.73. The van der Waals surface area contributed by atoms with Crippen LogP contribution < -0.4 is 5.73 Å². The highest BCUT2D eigenvalue weighted by atomic mass is 16.5. The van der Waals surface area contributed by atoms with Crippen LogP contribution in [0.15, 0.2) is 24.3 Å². The number of benzene rings is 1. The van der Waals surface area contributed by atoms with E-state index in [2.05, 4.69) is 15.5 Å². The summed E-state index contributed by atoms with van der Waals surface area (Å²) in [6, 6.07) is 7.00. The van der Waals surface area contributed by atoms with Crippen LogP contribution in [0.1, 0.15) is 29.5 Å². The number of hydrogen-bond donors (Lipinski definition) is 1. The number of esters is 1. The van der Waals surface area contributed by atoms with Gasteiger partial charge in [0, 0.05) is 6.42 Å². The van der Waals surface area contributed by atoms with Crippen molar-refractivity contribution in [3.63, 3.8) is 0 Å². The normalized spacial score (nSPS) is 10.5. The van der Waals surface area contributed by atoms with Gasteiger partial charge in [-0.15, -0.1) is 5.10 Å². The molecule has 1 aromatic heterocycles. The van der Waals surface area contributed by atoms with Gasteiger partial charge in [0.05, 0.1) is 17.9 Å². The van der Waals surface area contributed by atoms with Crippen LogP contribution in [0.5, 0.6) is 0 Å². The number of nitrogens with zero attached hydrogens (tertiary/aromatic N) is 4. The molecule has 20 heavy (non-hydrogen) atoms. The highest BCUT2D eigenvalue weighted by molar-refractivity contribution is 5.90. The number of nitrogens with two attached hydrogens (primary N) is 1. The molecular weight excluding hydrogens is 258 g/mol. The van der Waals surface area contributed by atoms with Crippen molar-refractivity contribution in [2.45, 2.75) is 19.8 Å². The van der Waals surface area contributed by atoms with Gasteiger partial charge in [-0.3, -0.25) is 0 Å². The third-order valence-corrected chi connectivity index (χ3v) is 2.67. The number of rotatable bonds is 6. The fourth-order valence-electron chi connectivity index (χ4n) is 1.73. The first-order valence-electron chi connectivity index (χ1n) is 6.51. The van der Waals surface area contributed by atoms with Gasteiger partial charge < -0.3 is 10.5 Å². The second-order valence-corrected chi connectivity index (χ2v) is 4.23. The number of hydrogen-bond acceptors (Lipinski definition) is 6. The zero-order chi connectivity index (χ0) is 14.4. The maximum absolute atomic E-state index is 11.8. The number of aromatic nitrogens is 4. The number of carbonyl (C=O) groups is 1. The lowest BCUT2D eigenvalue weighted by molar-refractivity contribution is 0.0505. The third kappa shape index (κ3) is 3.18. The van der Waals surface area contributed by atoms with E-state index in [1.807, 2.05) is 13.0 Å². The Labute approximate surface area is 116 Å². The summed E-state index contributed by atoms with van der Waals surface area (Å²) in [7, 11) is 0. The minimum Gasteiger partial charge on any atom is -0.462 e. The molecule has 0 aliphatic carbocycles. The Morgan fingerprint density at radius 3 is 3.05 bits per heavy atom. The van der Waals surface area contributed by atoms with Gasteiger partial charge in [-0.2, -0.15) is 4.68 Å². The van der Waals surface area contributed by atoms with Gasteiger partial charge in [-0.25, -0.2) is 4.79 Å². The lowest BCUT2D eigenvalue weighted by atomic mass is 10.2. The van der Waals surface area contributed by atoms with E-state index in [1.165, 1.54) is 0 Å². The molecule has 0 unspecified atom stereocenters. The Balaban J connectivity index is 2.25. The first-order chi connectivity index (χ1) is 9.76. The van der Waals surface area contributed by atoms with Crippen molar-refractivity contribution in [2.75, 3.05) is 13.2 Å². The predicted octanol–water partition coefficient (Wildman–Crippen LogP) is 0.730. The summed E-state index contributed by atoms with van der Waals surface area (Å²) in [5.41, 5.74) is 6.71. The van der Waals surface area contributed by atoms with Crippen LogP contribution >= 0.6 is 0 Å². The monoisotopic (exact) mass is 275 g/mol. The van der Waals surface area contributed by atoms with E-state index >= 15 is 0 Å². The highest BCUT2D eigenvalue weighted by Crippen LogP contribution is 2.12. The highest BCUT2D eigenvalue weighted by Gasteiger charge is 2.11. The maximum Gasteiger partial charge on any atom is 0.338 e. The number of carbonyl (C=O) groups excluding carboxylic acids is 1. The summed E-state index contributed by atoms with van der Waals surface area (Å²) in [4.78, 5) is 11.8. The van der Waals surface area contributed by atoms with Gasteiger partial charge in [0.2, 0.25) is 0 Å². The average Bonchev–Trinajstić information content (AvgIpc) is 2.93. The molecule has 2 aromatic rings. The minimum atomic E-state index is -0.345. The first kappa shape index (κ1) is 14.1. The molecule has 0 aliphatic rings. The SMILES string of the molecule is CCCOC(=O)c1cccc(-n2nnnc2CCN)c1. The van der Waals surface area contributed by atoms with Crippen LogP contribution in [0, 0.1) is 0 Å². The van der Waals surface area contributed by atoms with Gasteiger partial charge in [-0.1, -0.05) is 13.0 Å². The first-order valence-corrected chi connectivity index (χ1v) is 6.51. The quantitative estimate of drug-likeness (QED) is 0.781. The van der Waals surface area contributed by atoms with Crippen molar-refractivity contribution in [3.05, 3.63) is 35.7 Å². The third-order valence-electron chi connectivity index (χ3n) is 2.67. The van der Waals surface area contributed by atoms with Crippen molar-refractivity contribution in [1.82, 2.24) is 20.2 Å². The molecular formula is C13H17N5O2. The van der Waals surface area contributed by atoms with Gasteiger partial charge in [-0.05, 0) is 41.6 Å². The smallest absolute Gasteiger partial charge is 0.338 e. The topological polar surface area (TPSA) is 95.9 Å². The summed E-state index contributed by atoms with van der Waals surface area (Å²) in [5, 5.41) is 11.5. The summed E-state index contributed by atoms with van der Waals surface area (Å²) in [5.74, 6) is 0.314. The summed E-state index contributed by atoms with van der Waals surface area (Å²) >= 11 is 0. The van der Waals surface area contributed by atoms with E-state index in [9.17, 15) is 4.79 Å². The van der Waals surface area contributed by atoms with Crippen molar-refractivity contribution in [1.29, 1.82) is 0 Å². The van der Waals surface area contributed by atoms with E-state index < -0.39 is 0 Å². The second-order valence-electron chi connectivity index (χ2n) is 4.23. The number of tetrazole rings is 1. The Bertz CT molecular complexity index is 582. The standard InChI is InChI=1S/C13H17N5O2/c1-2-8-20-13(19)10-4-3-5-11(9-10)18-12(6-7-14)15-16-17-18/h3-5,9H,2,6-8,14H2,1H3. The summed E-state index contributed by atoms with van der Waals surface area (Å²) in [6.45, 7) is 2.81. The molecule has 1 heterocycles. The Morgan fingerprint density at radius 1 is 1.45 bits per heavy atom. The molecule has 0 saturated carbocycles. The lowest BCUT2D eigenvalue weighted by Gasteiger charge is -2.06. The molecule has 0 aliphatic heterocycles. The van der Waals surface area contributed by atoms with Crippen LogP contribution in [0.2, 0.25) is 0 Å². The van der Waals surface area contributed by atoms with Crippen LogP contribution in [0.4, 0.5) is 0 Å². The van der Waals surface area contributed by atoms with Crippen LogP contribution in [0.25, 0.3) is 5.69 Å². The minimum absolute atomic E-state index is 0.345. The van der Waals surface area contributed by atoms with Crippen molar-refractivity contribution >= 4 is 5.97 Å². The van der Waals surface area contributed by atoms with Crippen LogP contribution in [-0.4, -0.2) is 39.3 Å². The van der Waals surface area contributed by atoms with Gasteiger partial charge in [0.25, 0.3) is 0 Å². The van der Waals surface area contributed by atoms with Crippen molar-refractivity contribution < 1.29 is 9.53 Å². The molecule has 2 N–H and O–H groups in total. The fraction of sp³-hybridized carbons (Fsp3) is 0.385. The molecule has 0 atom stereocenters. The zero-order valence-electron chi connectivity index (χ0n) is 11.3. The molecule has 0 amide bonds. The van der Waals surface area contributed by atoms with E-state index in [4.69, 9.17) is 10.5 Å². The zero-order valence-corrected chi connectivity index (χ0v) is 11.3. The van der Waals surface area contributed by atoms with E-state index in [0.29, 0.717) is 36.6 Å². The molecule has 0 saturated heterocycles. The molecule has 0 radical (unpaired) electrons. The number of ether oxygens (including phenoxy) is 1. The van der Waals surface area contributed by atoms with Gasteiger partial charge in [0.15, 0.2) is 5.82 Å². The van der Waals surface area contributed by atoms with E-state index in [0.717, 1.165) is 6.42 Å². The molecule has 1 aromatic carbocycles. The molecule has 7 heteroatoms. The predicted molar refractivity (Wildman–Crippen MR) is 72.5 cm³/mol. The van der Waals surface area contributed by atoms with Crippen LogP contribution in [-0.2, 0) is 11.2 Å². The van der Waals surface area contributed by atoms with Crippen molar-refractivity contribution in [3.8, 4) is 5.69 Å². The van der Waals surface area contributed by atoms with Gasteiger partial charge in [0.1, 0.15) is 0 Å². The maximum atomic E-state index is 11.8. The Kier molecular flexibility index (Phi) is 4.78. The summed E-state index contributed by atoms with van der Waals surface area (Å²) < 4.78 is 6.68. The van der Waals surface area contributed by atoms with Crippen molar-refractivity contribution in [2.24, 2.45) is 5.73 Å². The molecule has 0 fully saturated rings. The molecule has 0 bridgehead atoms. The van der Waals surface area contributed by atoms with E-state index in [1.54, 1.807) is 22.9 Å². The molecule has 7 nitrogen and oxygen atoms in total. The van der Waals surface area contributed by atoms with Crippen LogP contribution in [0.3, 0.4) is 0 Å². The average molecular weight is 275 g/mol. The summed E-state index contributed by atoms with van der Waals surface area (Å²) in [6.07, 6.45) is 1.36.